The van der Waals surface area contributed by atoms with Crippen LogP contribution in [-0.2, 0) is 17.6 Å². The number of nitrogens with zero attached hydrogens (tertiary/aromatic N) is 3. The molecule has 1 N–H and O–H groups in total. The molecule has 0 aliphatic carbocycles. The minimum Gasteiger partial charge on any atom is -0.435 e. The van der Waals surface area contributed by atoms with Crippen LogP contribution in [0.1, 0.15) is 31.5 Å². The zero-order valence-electron chi connectivity index (χ0n) is 15.1. The predicted octanol–water partition coefficient (Wildman–Crippen LogP) is 5.09. The van der Waals surface area contributed by atoms with Crippen molar-refractivity contribution >= 4 is 34.8 Å². The maximum atomic E-state index is 12.3. The van der Waals surface area contributed by atoms with Crippen LogP contribution >= 0.6 is 23.2 Å². The van der Waals surface area contributed by atoms with Gasteiger partial charge in [0.05, 0.1) is 10.7 Å². The van der Waals surface area contributed by atoms with E-state index in [1.807, 2.05) is 6.92 Å². The highest BCUT2D eigenvalue weighted by molar-refractivity contribution is 6.35. The zero-order valence-corrected chi connectivity index (χ0v) is 16.6. The number of rotatable bonds is 8. The van der Waals surface area contributed by atoms with Gasteiger partial charge in [-0.2, -0.15) is 4.98 Å². The van der Waals surface area contributed by atoms with Gasteiger partial charge in [-0.1, -0.05) is 47.4 Å². The summed E-state index contributed by atoms with van der Waals surface area (Å²) in [6.45, 7) is 2.04. The third-order valence-corrected chi connectivity index (χ3v) is 4.17. The first kappa shape index (κ1) is 20.1. The second kappa shape index (κ2) is 9.52. The second-order valence-corrected chi connectivity index (χ2v) is 6.78. The van der Waals surface area contributed by atoms with Gasteiger partial charge in [0.2, 0.25) is 17.7 Å². The van der Waals surface area contributed by atoms with Crippen molar-refractivity contribution < 1.29 is 14.1 Å². The van der Waals surface area contributed by atoms with Crippen LogP contribution < -0.4 is 10.1 Å². The van der Waals surface area contributed by atoms with E-state index in [0.29, 0.717) is 34.6 Å². The molecule has 1 aromatic carbocycles. The summed E-state index contributed by atoms with van der Waals surface area (Å²) in [7, 11) is 0. The van der Waals surface area contributed by atoms with Crippen LogP contribution in [0.25, 0.3) is 0 Å². The van der Waals surface area contributed by atoms with Crippen LogP contribution in [0.3, 0.4) is 0 Å². The van der Waals surface area contributed by atoms with Gasteiger partial charge in [-0.15, -0.1) is 0 Å². The van der Waals surface area contributed by atoms with Crippen molar-refractivity contribution in [3.05, 3.63) is 58.3 Å². The fourth-order valence-electron chi connectivity index (χ4n) is 2.39. The third-order valence-electron chi connectivity index (χ3n) is 3.69. The number of carbonyl (C=O) groups is 1. The number of carbonyl (C=O) groups excluding carboxylic acids is 1. The van der Waals surface area contributed by atoms with Crippen molar-refractivity contribution in [2.45, 2.75) is 32.6 Å². The third kappa shape index (κ3) is 5.43. The summed E-state index contributed by atoms with van der Waals surface area (Å²) in [5, 5.41) is 7.37. The highest BCUT2D eigenvalue weighted by atomic mass is 35.5. The van der Waals surface area contributed by atoms with Crippen LogP contribution in [0, 0.1) is 0 Å². The van der Waals surface area contributed by atoms with E-state index in [1.165, 1.54) is 12.3 Å². The fourth-order valence-corrected chi connectivity index (χ4v) is 2.81. The Morgan fingerprint density at radius 1 is 1.25 bits per heavy atom. The zero-order chi connectivity index (χ0) is 19.9. The molecule has 7 nitrogen and oxygen atoms in total. The van der Waals surface area contributed by atoms with Crippen molar-refractivity contribution in [2.24, 2.45) is 0 Å². The van der Waals surface area contributed by atoms with E-state index in [4.69, 9.17) is 32.5 Å². The van der Waals surface area contributed by atoms with Crippen LogP contribution in [0.2, 0.25) is 10.0 Å². The van der Waals surface area contributed by atoms with E-state index in [1.54, 1.807) is 24.3 Å². The number of aromatic nitrogens is 3. The number of aryl methyl sites for hydroxylation is 2. The van der Waals surface area contributed by atoms with Gasteiger partial charge in [-0.3, -0.25) is 4.79 Å². The molecular weight excluding hydrogens is 403 g/mol. The molecule has 0 radical (unpaired) electrons. The number of benzene rings is 1. The number of ether oxygens (including phenoxy) is 1. The van der Waals surface area contributed by atoms with Crippen molar-refractivity contribution in [1.82, 2.24) is 15.1 Å². The Kier molecular flexibility index (Phi) is 6.84. The smallest absolute Gasteiger partial charge is 0.238 e. The first-order chi connectivity index (χ1) is 13.5. The van der Waals surface area contributed by atoms with Crippen LogP contribution in [0.5, 0.6) is 11.6 Å². The largest absolute Gasteiger partial charge is 0.435 e. The molecule has 0 spiro atoms. The average molecular weight is 421 g/mol. The topological polar surface area (TPSA) is 90.1 Å². The SMILES string of the molecule is CCCc1noc(CCC(=O)Nc2ccccc2Oc2ncc(Cl)cc2Cl)n1. The lowest BCUT2D eigenvalue weighted by Gasteiger charge is -2.12. The van der Waals surface area contributed by atoms with Crippen molar-refractivity contribution in [1.29, 1.82) is 0 Å². The number of amides is 1. The summed E-state index contributed by atoms with van der Waals surface area (Å²) >= 11 is 11.9. The van der Waals surface area contributed by atoms with Gasteiger partial charge in [0.15, 0.2) is 11.6 Å². The number of hydrogen-bond acceptors (Lipinski definition) is 6. The van der Waals surface area contributed by atoms with Gasteiger partial charge in [0, 0.05) is 25.5 Å². The Morgan fingerprint density at radius 2 is 2.07 bits per heavy atom. The molecule has 146 valence electrons. The molecule has 0 unspecified atom stereocenters. The molecule has 0 bridgehead atoms. The van der Waals surface area contributed by atoms with Crippen molar-refractivity contribution in [3.63, 3.8) is 0 Å². The standard InChI is InChI=1S/C19H18Cl2N4O3/c1-2-5-16-24-18(28-25-16)9-8-17(26)23-14-6-3-4-7-15(14)27-19-13(21)10-12(20)11-22-19/h3-4,6-7,10-11H,2,5,8-9H2,1H3,(H,23,26). The minimum absolute atomic E-state index is 0.196. The van der Waals surface area contributed by atoms with Crippen molar-refractivity contribution in [3.8, 4) is 11.6 Å². The highest BCUT2D eigenvalue weighted by Crippen LogP contribution is 2.33. The molecule has 0 atom stereocenters. The molecule has 3 rings (SSSR count). The molecule has 3 aromatic rings. The fraction of sp³-hybridized carbons (Fsp3) is 0.263. The first-order valence-electron chi connectivity index (χ1n) is 8.74. The van der Waals surface area contributed by atoms with E-state index in [-0.39, 0.29) is 23.2 Å². The molecule has 1 amide bonds. The van der Waals surface area contributed by atoms with E-state index in [0.717, 1.165) is 12.8 Å². The highest BCUT2D eigenvalue weighted by Gasteiger charge is 2.13. The summed E-state index contributed by atoms with van der Waals surface area (Å²) in [5.41, 5.74) is 0.498. The molecule has 2 heterocycles. The molecule has 28 heavy (non-hydrogen) atoms. The summed E-state index contributed by atoms with van der Waals surface area (Å²) in [6, 6.07) is 8.53. The van der Waals surface area contributed by atoms with Gasteiger partial charge in [0.25, 0.3) is 0 Å². The molecule has 0 saturated heterocycles. The van der Waals surface area contributed by atoms with Gasteiger partial charge in [-0.25, -0.2) is 4.98 Å². The van der Waals surface area contributed by atoms with Crippen LogP contribution in [-0.4, -0.2) is 21.0 Å². The minimum atomic E-state index is -0.207. The quantitative estimate of drug-likeness (QED) is 0.545. The van der Waals surface area contributed by atoms with Crippen molar-refractivity contribution in [2.75, 3.05) is 5.32 Å². The lowest BCUT2D eigenvalue weighted by Crippen LogP contribution is -2.13. The molecule has 0 fully saturated rings. The number of para-hydroxylation sites is 2. The Morgan fingerprint density at radius 3 is 2.86 bits per heavy atom. The van der Waals surface area contributed by atoms with Gasteiger partial charge < -0.3 is 14.6 Å². The summed E-state index contributed by atoms with van der Waals surface area (Å²) in [6.07, 6.45) is 3.67. The molecule has 0 saturated carbocycles. The summed E-state index contributed by atoms with van der Waals surface area (Å²) in [5.74, 6) is 1.50. The molecular formula is C19H18Cl2N4O3. The van der Waals surface area contributed by atoms with E-state index in [2.05, 4.69) is 20.4 Å². The predicted molar refractivity (Wildman–Crippen MR) is 106 cm³/mol. The number of pyridine rings is 1. The Balaban J connectivity index is 1.62. The van der Waals surface area contributed by atoms with Crippen LogP contribution in [0.15, 0.2) is 41.1 Å². The van der Waals surface area contributed by atoms with Gasteiger partial charge >= 0.3 is 0 Å². The monoisotopic (exact) mass is 420 g/mol. The average Bonchev–Trinajstić information content (AvgIpc) is 3.12. The lowest BCUT2D eigenvalue weighted by molar-refractivity contribution is -0.116. The first-order valence-corrected chi connectivity index (χ1v) is 9.50. The van der Waals surface area contributed by atoms with Gasteiger partial charge in [0.1, 0.15) is 5.02 Å². The molecule has 2 aromatic heterocycles. The Labute approximate surface area is 172 Å². The number of anilines is 1. The van der Waals surface area contributed by atoms with E-state index >= 15 is 0 Å². The Bertz CT molecular complexity index is 962. The number of hydrogen-bond donors (Lipinski definition) is 1. The number of halogens is 2. The summed E-state index contributed by atoms with van der Waals surface area (Å²) in [4.78, 5) is 20.6. The van der Waals surface area contributed by atoms with E-state index in [9.17, 15) is 4.79 Å². The summed E-state index contributed by atoms with van der Waals surface area (Å²) < 4.78 is 10.9. The molecule has 0 aliphatic heterocycles. The van der Waals surface area contributed by atoms with Gasteiger partial charge in [-0.05, 0) is 24.6 Å². The molecule has 0 aliphatic rings. The molecule has 9 heteroatoms. The lowest BCUT2D eigenvalue weighted by atomic mass is 10.2. The van der Waals surface area contributed by atoms with Crippen LogP contribution in [0.4, 0.5) is 5.69 Å². The maximum Gasteiger partial charge on any atom is 0.238 e. The Hall–Kier alpha value is -2.64. The maximum absolute atomic E-state index is 12.3. The second-order valence-electron chi connectivity index (χ2n) is 5.94. The number of nitrogens with one attached hydrogen (secondary N) is 1. The van der Waals surface area contributed by atoms with E-state index < -0.39 is 0 Å². The normalized spacial score (nSPS) is 10.7.